The molecule has 0 fully saturated rings. The zero-order chi connectivity index (χ0) is 18.1. The summed E-state index contributed by atoms with van der Waals surface area (Å²) in [6, 6.07) is 15.5. The van der Waals surface area contributed by atoms with Crippen LogP contribution in [0.2, 0.25) is 5.02 Å². The number of halogens is 1. The predicted octanol–water partition coefficient (Wildman–Crippen LogP) is 3.75. The number of hydrogen-bond acceptors (Lipinski definition) is 5. The van der Waals surface area contributed by atoms with E-state index in [-0.39, 0.29) is 5.56 Å². The lowest BCUT2D eigenvalue weighted by atomic mass is 10.2. The molecular weight excluding hydrogens is 354 g/mol. The van der Waals surface area contributed by atoms with Crippen molar-refractivity contribution in [2.75, 3.05) is 5.43 Å². The van der Waals surface area contributed by atoms with Gasteiger partial charge in [-0.2, -0.15) is 0 Å². The number of aromatic nitrogens is 1. The minimum atomic E-state index is -0.700. The molecule has 2 heterocycles. The van der Waals surface area contributed by atoms with Gasteiger partial charge in [-0.15, -0.1) is 0 Å². The second-order valence-corrected chi connectivity index (χ2v) is 6.02. The van der Waals surface area contributed by atoms with Gasteiger partial charge in [-0.25, -0.2) is 4.79 Å². The number of anilines is 1. The Bertz CT molecular complexity index is 1200. The van der Waals surface area contributed by atoms with E-state index in [0.717, 1.165) is 5.39 Å². The number of para-hydroxylation sites is 1. The molecule has 2 aromatic carbocycles. The molecule has 26 heavy (non-hydrogen) atoms. The highest BCUT2D eigenvalue weighted by Gasteiger charge is 2.14. The number of fused-ring (bicyclic) bond motifs is 2. The van der Waals surface area contributed by atoms with Crippen LogP contribution in [0.25, 0.3) is 21.9 Å². The third-order valence-electron chi connectivity index (χ3n) is 3.90. The molecule has 2 aromatic heterocycles. The number of hydrazine groups is 1. The second-order valence-electron chi connectivity index (χ2n) is 5.58. The van der Waals surface area contributed by atoms with Crippen molar-refractivity contribution in [1.82, 2.24) is 10.4 Å². The van der Waals surface area contributed by atoms with Gasteiger partial charge in [-0.3, -0.25) is 20.6 Å². The predicted molar refractivity (Wildman–Crippen MR) is 100 cm³/mol. The monoisotopic (exact) mass is 365 g/mol. The van der Waals surface area contributed by atoms with Crippen molar-refractivity contribution in [2.45, 2.75) is 0 Å². The van der Waals surface area contributed by atoms with Crippen LogP contribution in [0.1, 0.15) is 10.4 Å². The Morgan fingerprint density at radius 2 is 1.92 bits per heavy atom. The summed E-state index contributed by atoms with van der Waals surface area (Å²) in [5, 5.41) is 2.02. The second kappa shape index (κ2) is 6.50. The number of benzene rings is 2. The van der Waals surface area contributed by atoms with Gasteiger partial charge in [0.15, 0.2) is 0 Å². The van der Waals surface area contributed by atoms with Crippen molar-refractivity contribution >= 4 is 45.1 Å². The quantitative estimate of drug-likeness (QED) is 0.426. The molecule has 128 valence electrons. The SMILES string of the molecule is O=C(NNc1ccnc2cc(Cl)ccc12)c1cc2ccccc2oc1=O. The fourth-order valence-corrected chi connectivity index (χ4v) is 2.81. The minimum absolute atomic E-state index is 0.0855. The van der Waals surface area contributed by atoms with E-state index in [4.69, 9.17) is 16.0 Å². The summed E-state index contributed by atoms with van der Waals surface area (Å²) in [6.07, 6.45) is 1.59. The number of nitrogens with one attached hydrogen (secondary N) is 2. The third-order valence-corrected chi connectivity index (χ3v) is 4.14. The lowest BCUT2D eigenvalue weighted by Gasteiger charge is -2.10. The fourth-order valence-electron chi connectivity index (χ4n) is 2.64. The summed E-state index contributed by atoms with van der Waals surface area (Å²) in [5.41, 5.74) is 6.29. The Labute approximate surface area is 152 Å². The van der Waals surface area contributed by atoms with E-state index < -0.39 is 11.5 Å². The Balaban J connectivity index is 1.62. The standard InChI is InChI=1S/C19H12ClN3O3/c20-12-5-6-13-15(7-8-21-16(13)10-12)22-23-18(24)14-9-11-3-1-2-4-17(11)26-19(14)25/h1-10H,(H,21,22)(H,23,24). The first-order chi connectivity index (χ1) is 12.6. The Morgan fingerprint density at radius 1 is 1.08 bits per heavy atom. The van der Waals surface area contributed by atoms with Crippen LogP contribution < -0.4 is 16.5 Å². The minimum Gasteiger partial charge on any atom is -0.422 e. The van der Waals surface area contributed by atoms with Crippen molar-refractivity contribution in [3.05, 3.63) is 81.8 Å². The fraction of sp³-hybridized carbons (Fsp3) is 0. The molecule has 0 aliphatic heterocycles. The maximum absolute atomic E-state index is 12.4. The number of rotatable bonds is 3. The summed E-state index contributed by atoms with van der Waals surface area (Å²) in [5.74, 6) is -0.594. The van der Waals surface area contributed by atoms with E-state index in [1.54, 1.807) is 54.7 Å². The van der Waals surface area contributed by atoms with Crippen LogP contribution in [0.15, 0.2) is 70.0 Å². The van der Waals surface area contributed by atoms with Gasteiger partial charge in [0.05, 0.1) is 11.2 Å². The van der Waals surface area contributed by atoms with E-state index in [0.29, 0.717) is 27.2 Å². The average Bonchev–Trinajstić information content (AvgIpc) is 2.65. The highest BCUT2D eigenvalue weighted by molar-refractivity contribution is 6.31. The van der Waals surface area contributed by atoms with Crippen molar-refractivity contribution in [3.63, 3.8) is 0 Å². The van der Waals surface area contributed by atoms with Gasteiger partial charge in [0.2, 0.25) is 0 Å². The van der Waals surface area contributed by atoms with Crippen LogP contribution in [0.5, 0.6) is 0 Å². The largest absolute Gasteiger partial charge is 0.422 e. The van der Waals surface area contributed by atoms with Crippen molar-refractivity contribution in [2.24, 2.45) is 0 Å². The molecule has 0 unspecified atom stereocenters. The smallest absolute Gasteiger partial charge is 0.349 e. The number of carbonyl (C=O) groups excluding carboxylic acids is 1. The normalized spacial score (nSPS) is 10.8. The summed E-state index contributed by atoms with van der Waals surface area (Å²) in [6.45, 7) is 0. The van der Waals surface area contributed by atoms with Crippen molar-refractivity contribution < 1.29 is 9.21 Å². The lowest BCUT2D eigenvalue weighted by Crippen LogP contribution is -2.32. The molecule has 0 spiro atoms. The van der Waals surface area contributed by atoms with Crippen LogP contribution in [0.4, 0.5) is 5.69 Å². The molecule has 0 saturated heterocycles. The van der Waals surface area contributed by atoms with Crippen LogP contribution in [0, 0.1) is 0 Å². The summed E-state index contributed by atoms with van der Waals surface area (Å²) in [4.78, 5) is 28.7. The van der Waals surface area contributed by atoms with E-state index in [1.807, 2.05) is 0 Å². The molecule has 6 nitrogen and oxygen atoms in total. The molecule has 0 radical (unpaired) electrons. The molecule has 4 rings (SSSR count). The molecule has 0 aliphatic carbocycles. The van der Waals surface area contributed by atoms with Gasteiger partial charge in [-0.1, -0.05) is 29.8 Å². The number of nitrogens with zero attached hydrogens (tertiary/aromatic N) is 1. The first-order valence-corrected chi connectivity index (χ1v) is 8.13. The van der Waals surface area contributed by atoms with Crippen LogP contribution in [0.3, 0.4) is 0 Å². The van der Waals surface area contributed by atoms with Gasteiger partial charge in [0.1, 0.15) is 11.1 Å². The summed E-state index contributed by atoms with van der Waals surface area (Å²) < 4.78 is 5.18. The Kier molecular flexibility index (Phi) is 4.02. The van der Waals surface area contributed by atoms with E-state index in [1.165, 1.54) is 6.07 Å². The molecule has 0 atom stereocenters. The maximum atomic E-state index is 12.4. The first kappa shape index (κ1) is 16.1. The van der Waals surface area contributed by atoms with Gasteiger partial charge >= 0.3 is 5.63 Å². The topological polar surface area (TPSA) is 84.2 Å². The molecule has 4 aromatic rings. The number of pyridine rings is 1. The molecule has 0 aliphatic rings. The van der Waals surface area contributed by atoms with Gasteiger partial charge in [0, 0.05) is 22.0 Å². The van der Waals surface area contributed by atoms with E-state index >= 15 is 0 Å². The molecule has 0 bridgehead atoms. The van der Waals surface area contributed by atoms with E-state index in [9.17, 15) is 9.59 Å². The van der Waals surface area contributed by atoms with Crippen LogP contribution in [-0.2, 0) is 0 Å². The zero-order valence-electron chi connectivity index (χ0n) is 13.3. The molecule has 2 N–H and O–H groups in total. The zero-order valence-corrected chi connectivity index (χ0v) is 14.1. The highest BCUT2D eigenvalue weighted by Crippen LogP contribution is 2.23. The van der Waals surface area contributed by atoms with Crippen LogP contribution in [-0.4, -0.2) is 10.9 Å². The Morgan fingerprint density at radius 3 is 2.81 bits per heavy atom. The van der Waals surface area contributed by atoms with Crippen LogP contribution >= 0.6 is 11.6 Å². The maximum Gasteiger partial charge on any atom is 0.349 e. The number of carbonyl (C=O) groups is 1. The van der Waals surface area contributed by atoms with Crippen molar-refractivity contribution in [3.8, 4) is 0 Å². The summed E-state index contributed by atoms with van der Waals surface area (Å²) in [7, 11) is 0. The third kappa shape index (κ3) is 2.98. The number of hydrogen-bond donors (Lipinski definition) is 2. The molecule has 0 saturated carbocycles. The molecule has 1 amide bonds. The molecular formula is C19H12ClN3O3. The van der Waals surface area contributed by atoms with Gasteiger partial charge in [0.25, 0.3) is 5.91 Å². The lowest BCUT2D eigenvalue weighted by molar-refractivity contribution is 0.0959. The highest BCUT2D eigenvalue weighted by atomic mass is 35.5. The molecule has 7 heteroatoms. The first-order valence-electron chi connectivity index (χ1n) is 7.75. The average molecular weight is 366 g/mol. The Hall–Kier alpha value is -3.38. The van der Waals surface area contributed by atoms with Crippen molar-refractivity contribution in [1.29, 1.82) is 0 Å². The van der Waals surface area contributed by atoms with Gasteiger partial charge < -0.3 is 4.42 Å². The summed E-state index contributed by atoms with van der Waals surface area (Å²) >= 11 is 5.97. The van der Waals surface area contributed by atoms with E-state index in [2.05, 4.69) is 15.8 Å². The van der Waals surface area contributed by atoms with Gasteiger partial charge in [-0.05, 0) is 36.4 Å². The number of amides is 1.